The minimum Gasteiger partial charge on any atom is -0.395 e. The molecule has 0 atom stereocenters. The standard InChI is InChI=1S/C13H20N2OS.ClH/c1-17-13-4-2-3-12(11-13)15-7-5-14(6-8-15)9-10-16;/h2-4,11,16H,5-10H2,1H3;1H. The number of β-amino-alcohol motifs (C(OH)–C–C–N with tert-alkyl or cyclic N) is 1. The summed E-state index contributed by atoms with van der Waals surface area (Å²) in [7, 11) is 0. The van der Waals surface area contributed by atoms with Crippen molar-refractivity contribution < 1.29 is 5.11 Å². The topological polar surface area (TPSA) is 26.7 Å². The van der Waals surface area contributed by atoms with E-state index in [4.69, 9.17) is 5.11 Å². The number of benzene rings is 1. The van der Waals surface area contributed by atoms with Crippen molar-refractivity contribution in [3.8, 4) is 0 Å². The zero-order valence-corrected chi connectivity index (χ0v) is 12.3. The van der Waals surface area contributed by atoms with E-state index in [1.165, 1.54) is 10.6 Å². The van der Waals surface area contributed by atoms with Crippen LogP contribution in [0.4, 0.5) is 5.69 Å². The Morgan fingerprint density at radius 2 is 1.94 bits per heavy atom. The van der Waals surface area contributed by atoms with Crippen LogP contribution in [0.15, 0.2) is 29.2 Å². The summed E-state index contributed by atoms with van der Waals surface area (Å²) in [5.41, 5.74) is 1.32. The second kappa shape index (κ2) is 7.89. The highest BCUT2D eigenvalue weighted by Crippen LogP contribution is 2.22. The second-order valence-corrected chi connectivity index (χ2v) is 5.13. The van der Waals surface area contributed by atoms with Crippen LogP contribution >= 0.6 is 24.2 Å². The Bertz CT molecular complexity index is 357. The van der Waals surface area contributed by atoms with Gasteiger partial charge in [-0.05, 0) is 24.5 Å². The van der Waals surface area contributed by atoms with E-state index < -0.39 is 0 Å². The molecule has 1 fully saturated rings. The highest BCUT2D eigenvalue weighted by atomic mass is 35.5. The molecule has 0 radical (unpaired) electrons. The monoisotopic (exact) mass is 288 g/mol. The molecule has 18 heavy (non-hydrogen) atoms. The van der Waals surface area contributed by atoms with Crippen LogP contribution in [-0.2, 0) is 0 Å². The van der Waals surface area contributed by atoms with Gasteiger partial charge >= 0.3 is 0 Å². The molecule has 1 aromatic carbocycles. The Hall–Kier alpha value is -0.420. The van der Waals surface area contributed by atoms with Crippen LogP contribution in [0.3, 0.4) is 0 Å². The maximum Gasteiger partial charge on any atom is 0.0558 e. The first kappa shape index (κ1) is 15.6. The maximum absolute atomic E-state index is 8.91. The average molecular weight is 289 g/mol. The predicted molar refractivity (Wildman–Crippen MR) is 81.2 cm³/mol. The molecule has 1 aliphatic heterocycles. The summed E-state index contributed by atoms with van der Waals surface area (Å²) < 4.78 is 0. The molecule has 3 nitrogen and oxygen atoms in total. The molecular weight excluding hydrogens is 268 g/mol. The van der Waals surface area contributed by atoms with Crippen LogP contribution in [0.2, 0.25) is 0 Å². The van der Waals surface area contributed by atoms with Crippen LogP contribution in [0.25, 0.3) is 0 Å². The molecule has 2 rings (SSSR count). The number of halogens is 1. The van der Waals surface area contributed by atoms with Gasteiger partial charge in [0.25, 0.3) is 0 Å². The van der Waals surface area contributed by atoms with Crippen molar-refractivity contribution in [2.75, 3.05) is 50.5 Å². The van der Waals surface area contributed by atoms with Gasteiger partial charge in [0.2, 0.25) is 0 Å². The number of hydrogen-bond donors (Lipinski definition) is 1. The minimum atomic E-state index is 0. The van der Waals surface area contributed by atoms with E-state index in [0.29, 0.717) is 0 Å². The number of nitrogens with zero attached hydrogens (tertiary/aromatic N) is 2. The lowest BCUT2D eigenvalue weighted by Crippen LogP contribution is -2.47. The number of thioether (sulfide) groups is 1. The van der Waals surface area contributed by atoms with E-state index in [1.807, 2.05) is 0 Å². The van der Waals surface area contributed by atoms with Crippen LogP contribution in [0.5, 0.6) is 0 Å². The first-order valence-corrected chi connectivity index (χ1v) is 7.28. The maximum atomic E-state index is 8.91. The summed E-state index contributed by atoms with van der Waals surface area (Å²) in [5, 5.41) is 8.91. The number of hydrogen-bond acceptors (Lipinski definition) is 4. The van der Waals surface area contributed by atoms with Crippen molar-refractivity contribution in [1.82, 2.24) is 4.90 Å². The molecule has 1 heterocycles. The van der Waals surface area contributed by atoms with Crippen LogP contribution in [0.1, 0.15) is 0 Å². The van der Waals surface area contributed by atoms with Gasteiger partial charge in [0.05, 0.1) is 6.61 Å². The summed E-state index contributed by atoms with van der Waals surface area (Å²) in [6.07, 6.45) is 2.11. The Kier molecular flexibility index (Phi) is 6.86. The zero-order chi connectivity index (χ0) is 12.1. The lowest BCUT2D eigenvalue weighted by Gasteiger charge is -2.35. The van der Waals surface area contributed by atoms with Gasteiger partial charge in [-0.2, -0.15) is 0 Å². The molecule has 0 aliphatic carbocycles. The second-order valence-electron chi connectivity index (χ2n) is 4.25. The van der Waals surface area contributed by atoms with Crippen molar-refractivity contribution in [2.45, 2.75) is 4.90 Å². The Morgan fingerprint density at radius 3 is 2.56 bits per heavy atom. The lowest BCUT2D eigenvalue weighted by molar-refractivity contribution is 0.189. The first-order valence-electron chi connectivity index (χ1n) is 6.05. The number of rotatable bonds is 4. The molecule has 0 bridgehead atoms. The molecule has 5 heteroatoms. The van der Waals surface area contributed by atoms with Crippen molar-refractivity contribution >= 4 is 29.9 Å². The van der Waals surface area contributed by atoms with Gasteiger partial charge < -0.3 is 10.0 Å². The molecule has 0 unspecified atom stereocenters. The molecule has 1 N–H and O–H groups in total. The molecule has 1 aliphatic rings. The third-order valence-electron chi connectivity index (χ3n) is 3.21. The van der Waals surface area contributed by atoms with Gasteiger partial charge in [-0.1, -0.05) is 6.07 Å². The third-order valence-corrected chi connectivity index (χ3v) is 3.93. The van der Waals surface area contributed by atoms with Gasteiger partial charge in [-0.3, -0.25) is 4.90 Å². The number of aliphatic hydroxyl groups excluding tert-OH is 1. The SMILES string of the molecule is CSc1cccc(N2CCN(CCO)CC2)c1.Cl. The predicted octanol–water partition coefficient (Wildman–Crippen LogP) is 1.94. The normalized spacial score (nSPS) is 16.4. The molecule has 1 saturated heterocycles. The zero-order valence-electron chi connectivity index (χ0n) is 10.7. The van der Waals surface area contributed by atoms with Gasteiger partial charge in [0, 0.05) is 43.3 Å². The fourth-order valence-electron chi connectivity index (χ4n) is 2.18. The first-order chi connectivity index (χ1) is 8.33. The highest BCUT2D eigenvalue weighted by molar-refractivity contribution is 7.98. The molecule has 102 valence electrons. The Labute approximate surface area is 120 Å². The van der Waals surface area contributed by atoms with Gasteiger partial charge in [-0.25, -0.2) is 0 Å². The fourth-order valence-corrected chi connectivity index (χ4v) is 2.63. The summed E-state index contributed by atoms with van der Waals surface area (Å²) in [4.78, 5) is 6.06. The highest BCUT2D eigenvalue weighted by Gasteiger charge is 2.16. The molecular formula is C13H21ClN2OS. The number of anilines is 1. The third kappa shape index (κ3) is 4.05. The number of piperazine rings is 1. The van der Waals surface area contributed by atoms with E-state index in [0.717, 1.165) is 32.7 Å². The van der Waals surface area contributed by atoms with Crippen LogP contribution in [0, 0.1) is 0 Å². The summed E-state index contributed by atoms with van der Waals surface area (Å²) >= 11 is 1.79. The molecule has 0 saturated carbocycles. The quantitative estimate of drug-likeness (QED) is 0.857. The van der Waals surface area contributed by atoms with Gasteiger partial charge in [0.1, 0.15) is 0 Å². The molecule has 1 aromatic rings. The van der Waals surface area contributed by atoms with E-state index in [9.17, 15) is 0 Å². The Balaban J connectivity index is 0.00000162. The minimum absolute atomic E-state index is 0. The van der Waals surface area contributed by atoms with Crippen LogP contribution < -0.4 is 4.90 Å². The Morgan fingerprint density at radius 1 is 1.22 bits per heavy atom. The molecule has 0 amide bonds. The largest absolute Gasteiger partial charge is 0.395 e. The van der Waals surface area contributed by atoms with E-state index in [2.05, 4.69) is 40.3 Å². The number of aliphatic hydroxyl groups is 1. The van der Waals surface area contributed by atoms with Crippen molar-refractivity contribution in [1.29, 1.82) is 0 Å². The van der Waals surface area contributed by atoms with Crippen molar-refractivity contribution in [3.63, 3.8) is 0 Å². The van der Waals surface area contributed by atoms with E-state index >= 15 is 0 Å². The van der Waals surface area contributed by atoms with Crippen molar-refractivity contribution in [2.24, 2.45) is 0 Å². The van der Waals surface area contributed by atoms with Gasteiger partial charge in [-0.15, -0.1) is 24.2 Å². The van der Waals surface area contributed by atoms with Gasteiger partial charge in [0.15, 0.2) is 0 Å². The average Bonchev–Trinajstić information content (AvgIpc) is 2.40. The summed E-state index contributed by atoms with van der Waals surface area (Å²) in [6.45, 7) is 5.27. The summed E-state index contributed by atoms with van der Waals surface area (Å²) in [6, 6.07) is 8.71. The molecule has 0 spiro atoms. The fraction of sp³-hybridized carbons (Fsp3) is 0.538. The van der Waals surface area contributed by atoms with E-state index in [1.54, 1.807) is 11.8 Å². The summed E-state index contributed by atoms with van der Waals surface area (Å²) in [5.74, 6) is 0. The van der Waals surface area contributed by atoms with Crippen molar-refractivity contribution in [3.05, 3.63) is 24.3 Å². The lowest BCUT2D eigenvalue weighted by atomic mass is 10.2. The smallest absolute Gasteiger partial charge is 0.0558 e. The van der Waals surface area contributed by atoms with E-state index in [-0.39, 0.29) is 19.0 Å². The molecule has 0 aromatic heterocycles. The van der Waals surface area contributed by atoms with Crippen LogP contribution in [-0.4, -0.2) is 55.6 Å².